The highest BCUT2D eigenvalue weighted by molar-refractivity contribution is 6.39. The molecule has 2 aromatic heterocycles. The zero-order valence-electron chi connectivity index (χ0n) is 17.9. The molecule has 1 aliphatic heterocycles. The first-order valence-corrected chi connectivity index (χ1v) is 11.7. The molecule has 2 aromatic carbocycles. The summed E-state index contributed by atoms with van der Waals surface area (Å²) in [5.74, 6) is 1.35. The molecule has 0 spiro atoms. The van der Waals surface area contributed by atoms with Crippen LogP contribution in [0.2, 0.25) is 10.0 Å². The molecule has 0 aliphatic carbocycles. The summed E-state index contributed by atoms with van der Waals surface area (Å²) in [6.07, 6.45) is 3.97. The average molecular weight is 485 g/mol. The van der Waals surface area contributed by atoms with Crippen LogP contribution in [0.1, 0.15) is 18.4 Å². The fourth-order valence-corrected chi connectivity index (χ4v) is 4.77. The number of imidazole rings is 1. The lowest BCUT2D eigenvalue weighted by Crippen LogP contribution is -2.32. The van der Waals surface area contributed by atoms with Crippen LogP contribution in [0.3, 0.4) is 0 Å². The summed E-state index contributed by atoms with van der Waals surface area (Å²) in [5.41, 5.74) is 3.04. The van der Waals surface area contributed by atoms with E-state index in [1.165, 1.54) is 12.1 Å². The Morgan fingerprint density at radius 3 is 2.61 bits per heavy atom. The van der Waals surface area contributed by atoms with Crippen molar-refractivity contribution in [2.24, 2.45) is 5.92 Å². The van der Waals surface area contributed by atoms with E-state index in [1.807, 2.05) is 18.2 Å². The van der Waals surface area contributed by atoms with Crippen molar-refractivity contribution in [2.75, 3.05) is 18.4 Å². The van der Waals surface area contributed by atoms with Crippen molar-refractivity contribution in [3.63, 3.8) is 0 Å². The second-order valence-electron chi connectivity index (χ2n) is 8.24. The number of hydrogen-bond donors (Lipinski definition) is 2. The number of halogens is 3. The van der Waals surface area contributed by atoms with Crippen molar-refractivity contribution < 1.29 is 4.39 Å². The fourth-order valence-electron chi connectivity index (χ4n) is 4.20. The number of anilines is 1. The molecule has 0 unspecified atom stereocenters. The number of nitrogens with one attached hydrogen (secondary N) is 2. The number of fused-ring (bicyclic) bond motifs is 1. The molecule has 1 fully saturated rings. The summed E-state index contributed by atoms with van der Waals surface area (Å²) in [7, 11) is 0. The van der Waals surface area contributed by atoms with Crippen LogP contribution in [0.25, 0.3) is 22.6 Å². The molecule has 4 aromatic rings. The van der Waals surface area contributed by atoms with Crippen molar-refractivity contribution in [3.05, 3.63) is 70.1 Å². The summed E-state index contributed by atoms with van der Waals surface area (Å²) < 4.78 is 15.3. The van der Waals surface area contributed by atoms with Gasteiger partial charge in [-0.15, -0.1) is 0 Å². The van der Waals surface area contributed by atoms with Crippen LogP contribution in [-0.4, -0.2) is 32.6 Å². The van der Waals surface area contributed by atoms with Gasteiger partial charge in [-0.05, 0) is 61.7 Å². The Labute approximate surface area is 201 Å². The van der Waals surface area contributed by atoms with Crippen LogP contribution in [0.15, 0.2) is 48.7 Å². The Bertz CT molecular complexity index is 1250. The number of hydrogen-bond acceptors (Lipinski definition) is 5. The van der Waals surface area contributed by atoms with Gasteiger partial charge in [-0.25, -0.2) is 14.4 Å². The van der Waals surface area contributed by atoms with E-state index in [-0.39, 0.29) is 5.82 Å². The maximum Gasteiger partial charge on any atom is 0.225 e. The quantitative estimate of drug-likeness (QED) is 0.375. The molecule has 9 heteroatoms. The predicted molar refractivity (Wildman–Crippen MR) is 130 cm³/mol. The molecule has 1 saturated heterocycles. The Morgan fingerprint density at radius 1 is 1.09 bits per heavy atom. The number of benzene rings is 2. The number of aromatic nitrogens is 4. The highest BCUT2D eigenvalue weighted by Crippen LogP contribution is 2.36. The first-order valence-electron chi connectivity index (χ1n) is 10.9. The van der Waals surface area contributed by atoms with Crippen molar-refractivity contribution >= 4 is 40.3 Å². The topological polar surface area (TPSA) is 67.7 Å². The van der Waals surface area contributed by atoms with E-state index in [2.05, 4.69) is 20.2 Å². The molecule has 0 bridgehead atoms. The summed E-state index contributed by atoms with van der Waals surface area (Å²) in [6, 6.07) is 11.8. The zero-order valence-corrected chi connectivity index (χ0v) is 19.4. The van der Waals surface area contributed by atoms with E-state index in [1.54, 1.807) is 18.3 Å². The van der Waals surface area contributed by atoms with Gasteiger partial charge in [0.15, 0.2) is 5.65 Å². The first-order chi connectivity index (χ1) is 16.1. The van der Waals surface area contributed by atoms with Crippen molar-refractivity contribution in [1.29, 1.82) is 0 Å². The molecular formula is C24H23Cl2FN6. The number of piperidine rings is 1. The zero-order chi connectivity index (χ0) is 22.8. The van der Waals surface area contributed by atoms with Crippen molar-refractivity contribution in [2.45, 2.75) is 25.9 Å². The minimum absolute atomic E-state index is 0.261. The summed E-state index contributed by atoms with van der Waals surface area (Å²) in [6.45, 7) is 3.21. The maximum absolute atomic E-state index is 13.2. The summed E-state index contributed by atoms with van der Waals surface area (Å²) in [5, 5.41) is 7.79. The van der Waals surface area contributed by atoms with Gasteiger partial charge in [0, 0.05) is 13.1 Å². The van der Waals surface area contributed by atoms with E-state index in [0.29, 0.717) is 45.4 Å². The third kappa shape index (κ3) is 4.81. The molecule has 1 atom stereocenters. The van der Waals surface area contributed by atoms with Gasteiger partial charge in [0.2, 0.25) is 5.95 Å². The van der Waals surface area contributed by atoms with Crippen LogP contribution in [-0.2, 0) is 13.1 Å². The van der Waals surface area contributed by atoms with Crippen LogP contribution < -0.4 is 10.6 Å². The third-order valence-corrected chi connectivity index (χ3v) is 6.51. The monoisotopic (exact) mass is 484 g/mol. The molecule has 1 aliphatic rings. The van der Waals surface area contributed by atoms with E-state index in [0.717, 1.165) is 43.7 Å². The summed E-state index contributed by atoms with van der Waals surface area (Å²) in [4.78, 5) is 14.0. The molecule has 6 nitrogen and oxygen atoms in total. The Hall–Kier alpha value is -2.74. The molecule has 33 heavy (non-hydrogen) atoms. The van der Waals surface area contributed by atoms with Crippen LogP contribution >= 0.6 is 23.2 Å². The predicted octanol–water partition coefficient (Wildman–Crippen LogP) is 5.55. The average Bonchev–Trinajstić information content (AvgIpc) is 3.16. The number of rotatable bonds is 6. The largest absolute Gasteiger partial charge is 0.350 e. The van der Waals surface area contributed by atoms with Gasteiger partial charge in [0.25, 0.3) is 0 Å². The lowest BCUT2D eigenvalue weighted by molar-refractivity contribution is 0.341. The first kappa shape index (κ1) is 22.1. The van der Waals surface area contributed by atoms with Gasteiger partial charge in [0.1, 0.15) is 17.2 Å². The van der Waals surface area contributed by atoms with E-state index in [4.69, 9.17) is 33.2 Å². The molecular weight excluding hydrogens is 462 g/mol. The van der Waals surface area contributed by atoms with Crippen molar-refractivity contribution in [3.8, 4) is 11.4 Å². The van der Waals surface area contributed by atoms with Gasteiger partial charge in [-0.3, -0.25) is 0 Å². The van der Waals surface area contributed by atoms with Gasteiger partial charge < -0.3 is 15.2 Å². The highest BCUT2D eigenvalue weighted by atomic mass is 35.5. The van der Waals surface area contributed by atoms with Crippen LogP contribution in [0.4, 0.5) is 10.3 Å². The smallest absolute Gasteiger partial charge is 0.225 e. The van der Waals surface area contributed by atoms with Crippen LogP contribution in [0.5, 0.6) is 0 Å². The molecule has 3 heterocycles. The number of nitrogens with zero attached hydrogens (tertiary/aromatic N) is 4. The lowest BCUT2D eigenvalue weighted by atomic mass is 9.99. The second-order valence-corrected chi connectivity index (χ2v) is 9.05. The standard InChI is InChI=1S/C24H23Cl2FN6/c25-18-4-1-5-19(26)21(18)23-31-20-13-30-24(29-12-15-6-8-17(27)9-7-15)32-22(20)33(23)14-16-3-2-10-28-11-16/h1,4-9,13,16,28H,2-3,10-12,14H2,(H,29,30,32)/t16-/m1/s1. The van der Waals surface area contributed by atoms with Gasteiger partial charge in [0.05, 0.1) is 21.8 Å². The molecule has 0 radical (unpaired) electrons. The third-order valence-electron chi connectivity index (χ3n) is 5.88. The SMILES string of the molecule is Fc1ccc(CNc2ncc3nc(-c4c(Cl)cccc4Cl)n(C[C@@H]4CCCNC4)c3n2)cc1. The second kappa shape index (κ2) is 9.63. The molecule has 5 rings (SSSR count). The lowest BCUT2D eigenvalue weighted by Gasteiger charge is -2.24. The van der Waals surface area contributed by atoms with E-state index >= 15 is 0 Å². The summed E-state index contributed by atoms with van der Waals surface area (Å²) >= 11 is 13.1. The van der Waals surface area contributed by atoms with Gasteiger partial charge >= 0.3 is 0 Å². The minimum Gasteiger partial charge on any atom is -0.350 e. The molecule has 0 amide bonds. The van der Waals surface area contributed by atoms with Gasteiger partial charge in [-0.1, -0.05) is 41.4 Å². The van der Waals surface area contributed by atoms with Crippen LogP contribution in [0, 0.1) is 11.7 Å². The minimum atomic E-state index is -0.261. The Balaban J connectivity index is 1.53. The fraction of sp³-hybridized carbons (Fsp3) is 0.292. The maximum atomic E-state index is 13.2. The van der Waals surface area contributed by atoms with Crippen molar-refractivity contribution in [1.82, 2.24) is 24.8 Å². The van der Waals surface area contributed by atoms with E-state index < -0.39 is 0 Å². The Morgan fingerprint density at radius 2 is 1.88 bits per heavy atom. The molecule has 2 N–H and O–H groups in total. The van der Waals surface area contributed by atoms with E-state index in [9.17, 15) is 4.39 Å². The highest BCUT2D eigenvalue weighted by Gasteiger charge is 2.23. The van der Waals surface area contributed by atoms with Gasteiger partial charge in [-0.2, -0.15) is 4.98 Å². The molecule has 0 saturated carbocycles. The Kier molecular flexibility index (Phi) is 6.44. The molecule has 170 valence electrons. The normalized spacial score (nSPS) is 16.3.